The number of carbonyl (C=O) groups excluding carboxylic acids is 1. The Morgan fingerprint density at radius 2 is 1.41 bits per heavy atom. The SMILES string of the molecule is CS(=O)(=O)c1ccc(C(NC(=O)C(F)(F)F)=C(C(=O)O)c2ccc(F)cc2)cc1. The molecule has 0 unspecified atom stereocenters. The third-order valence-electron chi connectivity index (χ3n) is 3.66. The summed E-state index contributed by atoms with van der Waals surface area (Å²) in [7, 11) is -3.63. The van der Waals surface area contributed by atoms with Crippen molar-refractivity contribution in [3.05, 3.63) is 65.5 Å². The second-order valence-corrected chi connectivity index (χ2v) is 7.83. The number of carbonyl (C=O) groups is 2. The van der Waals surface area contributed by atoms with E-state index in [9.17, 15) is 40.7 Å². The number of sulfone groups is 1. The van der Waals surface area contributed by atoms with E-state index in [1.165, 1.54) is 5.32 Å². The number of amides is 1. The van der Waals surface area contributed by atoms with Crippen LogP contribution >= 0.6 is 0 Å². The first kappa shape index (κ1) is 22.1. The van der Waals surface area contributed by atoms with Crippen molar-refractivity contribution in [3.63, 3.8) is 0 Å². The molecule has 0 saturated heterocycles. The van der Waals surface area contributed by atoms with Crippen LogP contribution in [0, 0.1) is 5.82 Å². The zero-order valence-electron chi connectivity index (χ0n) is 14.6. The summed E-state index contributed by atoms with van der Waals surface area (Å²) in [6.45, 7) is 0. The average molecular weight is 431 g/mol. The highest BCUT2D eigenvalue weighted by Gasteiger charge is 2.40. The van der Waals surface area contributed by atoms with E-state index in [-0.39, 0.29) is 16.0 Å². The molecule has 0 aliphatic rings. The smallest absolute Gasteiger partial charge is 0.471 e. The highest BCUT2D eigenvalue weighted by atomic mass is 32.2. The molecular weight excluding hydrogens is 418 g/mol. The van der Waals surface area contributed by atoms with Gasteiger partial charge in [-0.25, -0.2) is 17.6 Å². The predicted molar refractivity (Wildman–Crippen MR) is 94.6 cm³/mol. The Hall–Kier alpha value is -3.21. The van der Waals surface area contributed by atoms with Gasteiger partial charge in [0.25, 0.3) is 0 Å². The Balaban J connectivity index is 2.73. The summed E-state index contributed by atoms with van der Waals surface area (Å²) < 4.78 is 74.5. The molecule has 2 aromatic carbocycles. The summed E-state index contributed by atoms with van der Waals surface area (Å²) in [4.78, 5) is 23.1. The van der Waals surface area contributed by atoms with Gasteiger partial charge in [0, 0.05) is 6.26 Å². The first-order valence-corrected chi connectivity index (χ1v) is 9.62. The van der Waals surface area contributed by atoms with Gasteiger partial charge < -0.3 is 10.4 Å². The van der Waals surface area contributed by atoms with Crippen molar-refractivity contribution in [1.29, 1.82) is 0 Å². The number of nitrogens with one attached hydrogen (secondary N) is 1. The molecule has 2 N–H and O–H groups in total. The minimum absolute atomic E-state index is 0.165. The molecule has 1 amide bonds. The van der Waals surface area contributed by atoms with E-state index in [1.54, 1.807) is 0 Å². The van der Waals surface area contributed by atoms with Crippen molar-refractivity contribution in [2.75, 3.05) is 6.26 Å². The van der Waals surface area contributed by atoms with Gasteiger partial charge in [-0.2, -0.15) is 13.2 Å². The number of halogens is 4. The van der Waals surface area contributed by atoms with Gasteiger partial charge in [-0.1, -0.05) is 24.3 Å². The normalized spacial score (nSPS) is 12.9. The second-order valence-electron chi connectivity index (χ2n) is 5.81. The van der Waals surface area contributed by atoms with E-state index >= 15 is 0 Å². The van der Waals surface area contributed by atoms with Crippen LogP contribution in [0.25, 0.3) is 11.3 Å². The van der Waals surface area contributed by atoms with Crippen LogP contribution in [0.3, 0.4) is 0 Å². The fourth-order valence-corrected chi connectivity index (χ4v) is 2.95. The maximum absolute atomic E-state index is 13.2. The average Bonchev–Trinajstić information content (AvgIpc) is 2.61. The molecule has 0 aliphatic heterocycles. The van der Waals surface area contributed by atoms with E-state index in [0.29, 0.717) is 0 Å². The highest BCUT2D eigenvalue weighted by molar-refractivity contribution is 7.90. The van der Waals surface area contributed by atoms with Gasteiger partial charge in [0.15, 0.2) is 9.84 Å². The van der Waals surface area contributed by atoms with Crippen LogP contribution in [0.4, 0.5) is 17.6 Å². The molecule has 0 atom stereocenters. The summed E-state index contributed by atoms with van der Waals surface area (Å²) in [5.41, 5.74) is -1.85. The summed E-state index contributed by atoms with van der Waals surface area (Å²) in [5.74, 6) is -4.83. The van der Waals surface area contributed by atoms with Crippen molar-refractivity contribution < 1.29 is 40.7 Å². The Kier molecular flexibility index (Phi) is 6.12. The van der Waals surface area contributed by atoms with Crippen LogP contribution in [0.1, 0.15) is 11.1 Å². The summed E-state index contributed by atoms with van der Waals surface area (Å²) >= 11 is 0. The summed E-state index contributed by atoms with van der Waals surface area (Å²) in [6, 6.07) is 8.03. The number of benzene rings is 2. The van der Waals surface area contributed by atoms with E-state index < -0.39 is 45.0 Å². The molecule has 0 spiro atoms. The first-order valence-electron chi connectivity index (χ1n) is 7.73. The fourth-order valence-electron chi connectivity index (χ4n) is 2.32. The van der Waals surface area contributed by atoms with Crippen LogP contribution < -0.4 is 5.32 Å². The molecule has 11 heteroatoms. The zero-order chi connectivity index (χ0) is 22.0. The minimum atomic E-state index is -5.32. The molecule has 0 aromatic heterocycles. The fraction of sp³-hybridized carbons (Fsp3) is 0.111. The van der Waals surface area contributed by atoms with Gasteiger partial charge in [0.1, 0.15) is 5.82 Å². The summed E-state index contributed by atoms with van der Waals surface area (Å²) in [6.07, 6.45) is -4.41. The monoisotopic (exact) mass is 431 g/mol. The van der Waals surface area contributed by atoms with E-state index in [2.05, 4.69) is 0 Å². The molecular formula is C18H13F4NO5S. The number of carboxylic acids is 1. The van der Waals surface area contributed by atoms with Gasteiger partial charge in [-0.3, -0.25) is 4.79 Å². The predicted octanol–water partition coefficient (Wildman–Crippen LogP) is 2.86. The zero-order valence-corrected chi connectivity index (χ0v) is 15.4. The molecule has 0 saturated carbocycles. The van der Waals surface area contributed by atoms with Crippen LogP contribution in [0.2, 0.25) is 0 Å². The lowest BCUT2D eigenvalue weighted by molar-refractivity contribution is -0.172. The van der Waals surface area contributed by atoms with Gasteiger partial charge in [0.05, 0.1) is 16.2 Å². The van der Waals surface area contributed by atoms with Crippen molar-refractivity contribution in [2.24, 2.45) is 0 Å². The lowest BCUT2D eigenvalue weighted by Gasteiger charge is -2.16. The standard InChI is InChI=1S/C18H13F4NO5S/c1-29(27,28)13-8-4-11(5-9-13)15(23-17(26)18(20,21)22)14(16(24)25)10-2-6-12(19)7-3-10/h2-9H,1H3,(H,23,26)(H,24,25). The van der Waals surface area contributed by atoms with Crippen molar-refractivity contribution in [2.45, 2.75) is 11.1 Å². The largest absolute Gasteiger partial charge is 0.478 e. The van der Waals surface area contributed by atoms with Crippen molar-refractivity contribution in [3.8, 4) is 0 Å². The van der Waals surface area contributed by atoms with E-state index in [1.807, 2.05) is 0 Å². The Bertz CT molecular complexity index is 1070. The number of rotatable bonds is 5. The second kappa shape index (κ2) is 8.03. The Morgan fingerprint density at radius 3 is 1.83 bits per heavy atom. The number of hydrogen-bond donors (Lipinski definition) is 2. The Morgan fingerprint density at radius 1 is 0.931 bits per heavy atom. The molecule has 0 bridgehead atoms. The van der Waals surface area contributed by atoms with Crippen LogP contribution in [0.15, 0.2) is 53.4 Å². The molecule has 154 valence electrons. The third kappa shape index (κ3) is 5.41. The lowest BCUT2D eigenvalue weighted by Crippen LogP contribution is -2.36. The highest BCUT2D eigenvalue weighted by Crippen LogP contribution is 2.28. The number of carboxylic acid groups (broad SMARTS) is 1. The van der Waals surface area contributed by atoms with Crippen LogP contribution in [0.5, 0.6) is 0 Å². The maximum Gasteiger partial charge on any atom is 0.471 e. The van der Waals surface area contributed by atoms with Gasteiger partial charge in [0.2, 0.25) is 0 Å². The lowest BCUT2D eigenvalue weighted by atomic mass is 9.99. The quantitative estimate of drug-likeness (QED) is 0.431. The Labute approximate surface area is 162 Å². The van der Waals surface area contributed by atoms with Crippen molar-refractivity contribution >= 4 is 33.0 Å². The van der Waals surface area contributed by atoms with Crippen LogP contribution in [-0.2, 0) is 19.4 Å². The third-order valence-corrected chi connectivity index (χ3v) is 4.79. The molecule has 0 radical (unpaired) electrons. The van der Waals surface area contributed by atoms with E-state index in [4.69, 9.17) is 0 Å². The topological polar surface area (TPSA) is 101 Å². The molecule has 0 fully saturated rings. The van der Waals surface area contributed by atoms with Crippen LogP contribution in [-0.4, -0.2) is 37.8 Å². The molecule has 6 nitrogen and oxygen atoms in total. The van der Waals surface area contributed by atoms with E-state index in [0.717, 1.165) is 54.8 Å². The molecule has 2 rings (SSSR count). The molecule has 2 aromatic rings. The molecule has 0 aliphatic carbocycles. The number of aliphatic carboxylic acids is 1. The molecule has 29 heavy (non-hydrogen) atoms. The maximum atomic E-state index is 13.2. The molecule has 0 heterocycles. The first-order chi connectivity index (χ1) is 13.3. The van der Waals surface area contributed by atoms with Crippen molar-refractivity contribution in [1.82, 2.24) is 5.32 Å². The summed E-state index contributed by atoms with van der Waals surface area (Å²) in [5, 5.41) is 11.1. The number of alkyl halides is 3. The minimum Gasteiger partial charge on any atom is -0.478 e. The van der Waals surface area contributed by atoms with Gasteiger partial charge in [-0.05, 0) is 35.4 Å². The van der Waals surface area contributed by atoms with Gasteiger partial charge >= 0.3 is 18.1 Å². The number of hydrogen-bond acceptors (Lipinski definition) is 4. The van der Waals surface area contributed by atoms with Gasteiger partial charge in [-0.15, -0.1) is 0 Å².